The van der Waals surface area contributed by atoms with E-state index in [-0.39, 0.29) is 5.41 Å². The van der Waals surface area contributed by atoms with Crippen LogP contribution in [-0.2, 0) is 5.41 Å². The molecule has 1 aliphatic rings. The van der Waals surface area contributed by atoms with Crippen LogP contribution in [0.5, 0.6) is 5.75 Å². The first-order chi connectivity index (χ1) is 10.4. The van der Waals surface area contributed by atoms with Crippen LogP contribution in [0.3, 0.4) is 0 Å². The second-order valence-corrected chi connectivity index (χ2v) is 7.58. The van der Waals surface area contributed by atoms with Crippen molar-refractivity contribution in [2.45, 2.75) is 58.5 Å². The van der Waals surface area contributed by atoms with E-state index in [0.717, 1.165) is 25.4 Å². The molecule has 1 N–H and O–H groups in total. The van der Waals surface area contributed by atoms with Crippen molar-refractivity contribution in [2.24, 2.45) is 0 Å². The number of aliphatic hydroxyl groups is 1. The van der Waals surface area contributed by atoms with Gasteiger partial charge in [0.15, 0.2) is 0 Å². The number of β-amino-alcohol motifs (C(OH)–C–C–N with tert-alkyl or cyclic N) is 1. The molecular formula is C19H31NO2. The van der Waals surface area contributed by atoms with Gasteiger partial charge in [0.25, 0.3) is 0 Å². The number of hydrogen-bond donors (Lipinski definition) is 1. The van der Waals surface area contributed by atoms with Crippen molar-refractivity contribution in [3.63, 3.8) is 0 Å². The van der Waals surface area contributed by atoms with Crippen molar-refractivity contribution in [2.75, 3.05) is 26.2 Å². The zero-order valence-electron chi connectivity index (χ0n) is 14.6. The van der Waals surface area contributed by atoms with Gasteiger partial charge in [0, 0.05) is 6.54 Å². The first-order valence-corrected chi connectivity index (χ1v) is 8.50. The first-order valence-electron chi connectivity index (χ1n) is 8.50. The third-order valence-electron chi connectivity index (χ3n) is 4.29. The Morgan fingerprint density at radius 1 is 1.18 bits per heavy atom. The molecule has 124 valence electrons. The lowest BCUT2D eigenvalue weighted by Gasteiger charge is -2.29. The molecule has 1 heterocycles. The van der Waals surface area contributed by atoms with E-state index in [1.165, 1.54) is 30.4 Å². The third-order valence-corrected chi connectivity index (χ3v) is 4.29. The molecule has 0 bridgehead atoms. The molecule has 0 aliphatic carbocycles. The fourth-order valence-electron chi connectivity index (χ4n) is 3.03. The number of benzene rings is 1. The summed E-state index contributed by atoms with van der Waals surface area (Å²) >= 11 is 0. The van der Waals surface area contributed by atoms with Gasteiger partial charge >= 0.3 is 0 Å². The molecule has 1 fully saturated rings. The van der Waals surface area contributed by atoms with E-state index >= 15 is 0 Å². The molecule has 0 saturated carbocycles. The number of rotatable bonds is 5. The van der Waals surface area contributed by atoms with Crippen LogP contribution < -0.4 is 4.74 Å². The van der Waals surface area contributed by atoms with Gasteiger partial charge in [-0.25, -0.2) is 0 Å². The fraction of sp³-hybridized carbons (Fsp3) is 0.684. The van der Waals surface area contributed by atoms with Crippen molar-refractivity contribution in [3.8, 4) is 5.75 Å². The Bertz CT molecular complexity index is 473. The molecule has 0 aromatic heterocycles. The number of aryl methyl sites for hydroxylation is 1. The van der Waals surface area contributed by atoms with E-state index < -0.39 is 6.10 Å². The van der Waals surface area contributed by atoms with Gasteiger partial charge in [-0.15, -0.1) is 0 Å². The summed E-state index contributed by atoms with van der Waals surface area (Å²) in [7, 11) is 0. The Morgan fingerprint density at radius 2 is 1.86 bits per heavy atom. The molecule has 0 unspecified atom stereocenters. The molecule has 1 saturated heterocycles. The largest absolute Gasteiger partial charge is 0.491 e. The van der Waals surface area contributed by atoms with E-state index in [1.54, 1.807) is 0 Å². The van der Waals surface area contributed by atoms with Gasteiger partial charge in [0.1, 0.15) is 18.5 Å². The summed E-state index contributed by atoms with van der Waals surface area (Å²) in [6.45, 7) is 12.0. The van der Waals surface area contributed by atoms with Gasteiger partial charge in [0.2, 0.25) is 0 Å². The van der Waals surface area contributed by atoms with Crippen LogP contribution in [0.15, 0.2) is 18.2 Å². The predicted octanol–water partition coefficient (Wildman–Crippen LogP) is 3.52. The van der Waals surface area contributed by atoms with Crippen LogP contribution in [0.4, 0.5) is 0 Å². The van der Waals surface area contributed by atoms with E-state index in [9.17, 15) is 5.11 Å². The van der Waals surface area contributed by atoms with Gasteiger partial charge in [-0.2, -0.15) is 0 Å². The Morgan fingerprint density at radius 3 is 2.50 bits per heavy atom. The van der Waals surface area contributed by atoms with Crippen LogP contribution in [-0.4, -0.2) is 42.4 Å². The van der Waals surface area contributed by atoms with Crippen LogP contribution in [0, 0.1) is 6.92 Å². The second-order valence-electron chi connectivity index (χ2n) is 7.58. The smallest absolute Gasteiger partial charge is 0.123 e. The SMILES string of the molecule is Cc1ccc(OC[C@H](O)CN2CCCCC2)c(C(C)(C)C)c1. The predicted molar refractivity (Wildman–Crippen MR) is 91.7 cm³/mol. The Hall–Kier alpha value is -1.06. The number of aliphatic hydroxyl groups excluding tert-OH is 1. The number of piperidine rings is 1. The quantitative estimate of drug-likeness (QED) is 0.903. The van der Waals surface area contributed by atoms with Crippen molar-refractivity contribution < 1.29 is 9.84 Å². The molecule has 1 aliphatic heterocycles. The van der Waals surface area contributed by atoms with E-state index in [4.69, 9.17) is 4.74 Å². The number of likely N-dealkylation sites (tertiary alicyclic amines) is 1. The van der Waals surface area contributed by atoms with Gasteiger partial charge in [-0.3, -0.25) is 0 Å². The van der Waals surface area contributed by atoms with Crippen LogP contribution >= 0.6 is 0 Å². The third kappa shape index (κ3) is 4.99. The molecule has 0 spiro atoms. The minimum atomic E-state index is -0.424. The summed E-state index contributed by atoms with van der Waals surface area (Å²) in [4.78, 5) is 2.34. The van der Waals surface area contributed by atoms with Crippen LogP contribution in [0.2, 0.25) is 0 Å². The highest BCUT2D eigenvalue weighted by Crippen LogP contribution is 2.32. The summed E-state index contributed by atoms with van der Waals surface area (Å²) in [6, 6.07) is 6.29. The zero-order valence-corrected chi connectivity index (χ0v) is 14.6. The Balaban J connectivity index is 1.93. The van der Waals surface area contributed by atoms with Crippen molar-refractivity contribution in [1.82, 2.24) is 4.90 Å². The first kappa shape index (κ1) is 17.3. The molecule has 0 radical (unpaired) electrons. The van der Waals surface area contributed by atoms with E-state index in [1.807, 2.05) is 6.07 Å². The van der Waals surface area contributed by atoms with Crippen LogP contribution in [0.25, 0.3) is 0 Å². The van der Waals surface area contributed by atoms with Gasteiger partial charge < -0.3 is 14.7 Å². The highest BCUT2D eigenvalue weighted by molar-refractivity contribution is 5.41. The van der Waals surface area contributed by atoms with Crippen molar-refractivity contribution in [1.29, 1.82) is 0 Å². The maximum Gasteiger partial charge on any atom is 0.123 e. The molecular weight excluding hydrogens is 274 g/mol. The summed E-state index contributed by atoms with van der Waals surface area (Å²) in [5.74, 6) is 0.899. The highest BCUT2D eigenvalue weighted by Gasteiger charge is 2.20. The second kappa shape index (κ2) is 7.47. The molecule has 22 heavy (non-hydrogen) atoms. The summed E-state index contributed by atoms with van der Waals surface area (Å²) in [5.41, 5.74) is 2.49. The van der Waals surface area contributed by atoms with Gasteiger partial charge in [0.05, 0.1) is 0 Å². The van der Waals surface area contributed by atoms with Gasteiger partial charge in [-0.1, -0.05) is 44.9 Å². The summed E-state index contributed by atoms with van der Waals surface area (Å²) in [5, 5.41) is 10.2. The molecule has 1 aromatic rings. The lowest BCUT2D eigenvalue weighted by molar-refractivity contribution is 0.0611. The number of ether oxygens (including phenoxy) is 1. The average molecular weight is 305 g/mol. The molecule has 3 heteroatoms. The minimum absolute atomic E-state index is 0.0408. The zero-order chi connectivity index (χ0) is 16.2. The molecule has 2 rings (SSSR count). The number of nitrogens with zero attached hydrogens (tertiary/aromatic N) is 1. The molecule has 0 amide bonds. The monoisotopic (exact) mass is 305 g/mol. The maximum atomic E-state index is 10.2. The Labute approximate surface area is 135 Å². The normalized spacial score (nSPS) is 18.2. The topological polar surface area (TPSA) is 32.7 Å². The molecule has 3 nitrogen and oxygen atoms in total. The number of hydrogen-bond acceptors (Lipinski definition) is 3. The Kier molecular flexibility index (Phi) is 5.87. The van der Waals surface area contributed by atoms with E-state index in [0.29, 0.717) is 6.61 Å². The highest BCUT2D eigenvalue weighted by atomic mass is 16.5. The van der Waals surface area contributed by atoms with E-state index in [2.05, 4.69) is 44.7 Å². The maximum absolute atomic E-state index is 10.2. The average Bonchev–Trinajstić information content (AvgIpc) is 2.46. The molecule has 1 aromatic carbocycles. The lowest BCUT2D eigenvalue weighted by atomic mass is 9.85. The standard InChI is InChI=1S/C19H31NO2/c1-15-8-9-18(17(12-15)19(2,3)4)22-14-16(21)13-20-10-6-5-7-11-20/h8-9,12,16,21H,5-7,10-11,13-14H2,1-4H3/t16-/m1/s1. The van der Waals surface area contributed by atoms with Gasteiger partial charge in [-0.05, 0) is 49.9 Å². The fourth-order valence-corrected chi connectivity index (χ4v) is 3.03. The van der Waals surface area contributed by atoms with Crippen LogP contribution in [0.1, 0.15) is 51.2 Å². The van der Waals surface area contributed by atoms with Crippen molar-refractivity contribution >= 4 is 0 Å². The molecule has 1 atom stereocenters. The minimum Gasteiger partial charge on any atom is -0.491 e. The van der Waals surface area contributed by atoms with Crippen molar-refractivity contribution in [3.05, 3.63) is 29.3 Å². The summed E-state index contributed by atoms with van der Waals surface area (Å²) < 4.78 is 5.95. The summed E-state index contributed by atoms with van der Waals surface area (Å²) in [6.07, 6.45) is 3.40. The lowest BCUT2D eigenvalue weighted by Crippen LogP contribution is -2.38.